The van der Waals surface area contributed by atoms with Crippen LogP contribution in [-0.2, 0) is 11.8 Å². The van der Waals surface area contributed by atoms with E-state index in [4.69, 9.17) is 10.7 Å². The van der Waals surface area contributed by atoms with Crippen LogP contribution in [0.15, 0.2) is 30.3 Å². The van der Waals surface area contributed by atoms with Gasteiger partial charge in [-0.2, -0.15) is 0 Å². The molecule has 1 heterocycles. The lowest BCUT2D eigenvalue weighted by Gasteiger charge is -2.15. The van der Waals surface area contributed by atoms with Gasteiger partial charge in [-0.05, 0) is 37.7 Å². The predicted molar refractivity (Wildman–Crippen MR) is 78.4 cm³/mol. The van der Waals surface area contributed by atoms with E-state index in [0.29, 0.717) is 0 Å². The molecule has 1 atom stereocenters. The molecular weight excluding hydrogens is 252 g/mol. The van der Waals surface area contributed by atoms with Gasteiger partial charge in [0.15, 0.2) is 0 Å². The van der Waals surface area contributed by atoms with E-state index in [1.807, 2.05) is 11.3 Å². The molecule has 19 heavy (non-hydrogen) atoms. The van der Waals surface area contributed by atoms with Gasteiger partial charge in [0, 0.05) is 16.3 Å². The van der Waals surface area contributed by atoms with Crippen molar-refractivity contribution in [1.29, 1.82) is 0 Å². The van der Waals surface area contributed by atoms with Crippen LogP contribution in [0.2, 0.25) is 0 Å². The summed E-state index contributed by atoms with van der Waals surface area (Å²) in [4.78, 5) is 6.30. The van der Waals surface area contributed by atoms with Crippen molar-refractivity contribution in [3.8, 4) is 0 Å². The van der Waals surface area contributed by atoms with Crippen molar-refractivity contribution < 1.29 is 0 Å². The van der Waals surface area contributed by atoms with Gasteiger partial charge in [0.05, 0.1) is 5.69 Å². The van der Waals surface area contributed by atoms with Crippen molar-refractivity contribution in [2.45, 2.75) is 43.6 Å². The predicted octanol–water partition coefficient (Wildman–Crippen LogP) is 3.56. The van der Waals surface area contributed by atoms with Crippen molar-refractivity contribution >= 4 is 11.3 Å². The van der Waals surface area contributed by atoms with E-state index < -0.39 is 0 Å². The molecule has 0 radical (unpaired) electrons. The van der Waals surface area contributed by atoms with Crippen LogP contribution < -0.4 is 5.73 Å². The Morgan fingerprint density at radius 3 is 2.68 bits per heavy atom. The number of hydrogen-bond acceptors (Lipinski definition) is 3. The second-order valence-corrected chi connectivity index (χ2v) is 6.81. The minimum Gasteiger partial charge on any atom is -0.323 e. The van der Waals surface area contributed by atoms with Crippen LogP contribution in [0.5, 0.6) is 0 Å². The van der Waals surface area contributed by atoms with Crippen LogP contribution in [0, 0.1) is 0 Å². The average molecular weight is 270 g/mol. The molecule has 3 heteroatoms. The fraction of sp³-hybridized carbons (Fsp3) is 0.438. The first-order valence-electron chi connectivity index (χ1n) is 7.11. The van der Waals surface area contributed by atoms with Crippen molar-refractivity contribution in [3.63, 3.8) is 0 Å². The van der Waals surface area contributed by atoms with Gasteiger partial charge in [-0.25, -0.2) is 4.98 Å². The summed E-state index contributed by atoms with van der Waals surface area (Å²) in [5.41, 5.74) is 9.15. The standard InChI is InChI=1S/C16H18N2S/c17-12-7-4-8-13-14(12)19-15(18-13)16(9-10-16)11-5-2-1-3-6-11/h1-3,5-6,12H,4,7-10,17H2. The molecule has 4 rings (SSSR count). The van der Waals surface area contributed by atoms with Crippen molar-refractivity contribution in [3.05, 3.63) is 51.5 Å². The smallest absolute Gasteiger partial charge is 0.104 e. The quantitative estimate of drug-likeness (QED) is 0.906. The number of hydrogen-bond donors (Lipinski definition) is 1. The van der Waals surface area contributed by atoms with Crippen LogP contribution in [0.1, 0.15) is 52.9 Å². The zero-order valence-electron chi connectivity index (χ0n) is 10.9. The topological polar surface area (TPSA) is 38.9 Å². The fourth-order valence-corrected chi connectivity index (χ4v) is 4.58. The first-order chi connectivity index (χ1) is 9.29. The molecule has 2 aliphatic carbocycles. The summed E-state index contributed by atoms with van der Waals surface area (Å²) in [6.07, 6.45) is 5.89. The number of rotatable bonds is 2. The molecule has 1 unspecified atom stereocenters. The molecule has 2 aliphatic rings. The van der Waals surface area contributed by atoms with Gasteiger partial charge in [-0.1, -0.05) is 30.3 Å². The molecular formula is C16H18N2S. The van der Waals surface area contributed by atoms with E-state index in [1.165, 1.54) is 40.4 Å². The average Bonchev–Trinajstić information content (AvgIpc) is 3.14. The van der Waals surface area contributed by atoms with Crippen LogP contribution in [0.3, 0.4) is 0 Å². The highest BCUT2D eigenvalue weighted by atomic mass is 32.1. The number of aromatic nitrogens is 1. The molecule has 2 aromatic rings. The normalized spacial score (nSPS) is 23.9. The number of benzene rings is 1. The second kappa shape index (κ2) is 4.15. The lowest BCUT2D eigenvalue weighted by molar-refractivity contribution is 0.572. The molecule has 2 N–H and O–H groups in total. The maximum absolute atomic E-state index is 6.23. The highest BCUT2D eigenvalue weighted by Crippen LogP contribution is 2.55. The van der Waals surface area contributed by atoms with Gasteiger partial charge in [-0.15, -0.1) is 11.3 Å². The summed E-state index contributed by atoms with van der Waals surface area (Å²) >= 11 is 1.87. The summed E-state index contributed by atoms with van der Waals surface area (Å²) in [5, 5.41) is 1.31. The Balaban J connectivity index is 1.77. The zero-order chi connectivity index (χ0) is 12.9. The largest absolute Gasteiger partial charge is 0.323 e. The molecule has 0 amide bonds. The van der Waals surface area contributed by atoms with Crippen molar-refractivity contribution in [2.24, 2.45) is 5.73 Å². The minimum absolute atomic E-state index is 0.211. The molecule has 1 aromatic heterocycles. The van der Waals surface area contributed by atoms with E-state index in [0.717, 1.165) is 12.8 Å². The lowest BCUT2D eigenvalue weighted by atomic mass is 9.96. The second-order valence-electron chi connectivity index (χ2n) is 5.78. The van der Waals surface area contributed by atoms with Crippen LogP contribution in [-0.4, -0.2) is 4.98 Å². The highest BCUT2D eigenvalue weighted by molar-refractivity contribution is 7.12. The van der Waals surface area contributed by atoms with Crippen LogP contribution >= 0.6 is 11.3 Å². The third-order valence-electron chi connectivity index (χ3n) is 4.48. The maximum atomic E-state index is 6.23. The Morgan fingerprint density at radius 2 is 2.00 bits per heavy atom. The molecule has 1 saturated carbocycles. The molecule has 2 nitrogen and oxygen atoms in total. The summed E-state index contributed by atoms with van der Waals surface area (Å²) in [6, 6.07) is 11.1. The van der Waals surface area contributed by atoms with E-state index >= 15 is 0 Å². The third-order valence-corrected chi connectivity index (χ3v) is 5.91. The van der Waals surface area contributed by atoms with Crippen molar-refractivity contribution in [1.82, 2.24) is 4.98 Å². The zero-order valence-corrected chi connectivity index (χ0v) is 11.7. The summed E-state index contributed by atoms with van der Waals surface area (Å²) in [5.74, 6) is 0. The number of nitrogens with zero attached hydrogens (tertiary/aromatic N) is 1. The number of aryl methyl sites for hydroxylation is 1. The molecule has 0 aliphatic heterocycles. The van der Waals surface area contributed by atoms with Gasteiger partial charge in [0.1, 0.15) is 5.01 Å². The minimum atomic E-state index is 0.211. The number of thiazole rings is 1. The van der Waals surface area contributed by atoms with E-state index in [-0.39, 0.29) is 11.5 Å². The Bertz CT molecular complexity index is 598. The molecule has 1 aromatic carbocycles. The van der Waals surface area contributed by atoms with Gasteiger partial charge in [0.2, 0.25) is 0 Å². The number of fused-ring (bicyclic) bond motifs is 1. The molecule has 0 saturated heterocycles. The Kier molecular flexibility index (Phi) is 2.54. The Hall–Kier alpha value is -1.19. The lowest BCUT2D eigenvalue weighted by Crippen LogP contribution is -2.15. The van der Waals surface area contributed by atoms with E-state index in [1.54, 1.807) is 0 Å². The van der Waals surface area contributed by atoms with Crippen molar-refractivity contribution in [2.75, 3.05) is 0 Å². The van der Waals surface area contributed by atoms with Gasteiger partial charge in [-0.3, -0.25) is 0 Å². The first kappa shape index (κ1) is 11.6. The summed E-state index contributed by atoms with van der Waals surface area (Å²) in [7, 11) is 0. The Labute approximate surface area is 117 Å². The van der Waals surface area contributed by atoms with Crippen LogP contribution in [0.4, 0.5) is 0 Å². The molecule has 0 spiro atoms. The summed E-state index contributed by atoms with van der Waals surface area (Å²) < 4.78 is 0. The Morgan fingerprint density at radius 1 is 1.21 bits per heavy atom. The third kappa shape index (κ3) is 1.76. The van der Waals surface area contributed by atoms with Gasteiger partial charge < -0.3 is 5.73 Å². The first-order valence-corrected chi connectivity index (χ1v) is 7.92. The van der Waals surface area contributed by atoms with Gasteiger partial charge >= 0.3 is 0 Å². The fourth-order valence-electron chi connectivity index (χ4n) is 3.17. The maximum Gasteiger partial charge on any atom is 0.104 e. The van der Waals surface area contributed by atoms with E-state index in [9.17, 15) is 0 Å². The molecule has 98 valence electrons. The molecule has 1 fully saturated rings. The molecule has 0 bridgehead atoms. The van der Waals surface area contributed by atoms with E-state index in [2.05, 4.69) is 30.3 Å². The van der Waals surface area contributed by atoms with Gasteiger partial charge in [0.25, 0.3) is 0 Å². The SMILES string of the molecule is NC1CCCc2nc(C3(c4ccccc4)CC3)sc21. The van der Waals surface area contributed by atoms with Crippen LogP contribution in [0.25, 0.3) is 0 Å². The monoisotopic (exact) mass is 270 g/mol. The number of nitrogens with two attached hydrogens (primary N) is 1. The summed E-state index contributed by atoms with van der Waals surface area (Å²) in [6.45, 7) is 0. The highest BCUT2D eigenvalue weighted by Gasteiger charge is 2.49.